The highest BCUT2D eigenvalue weighted by Crippen LogP contribution is 1.92. The van der Waals surface area contributed by atoms with Gasteiger partial charge in [-0.1, -0.05) is 6.58 Å². The Morgan fingerprint density at radius 1 is 1.42 bits per heavy atom. The molecule has 0 fully saturated rings. The molecule has 1 aliphatic rings. The van der Waals surface area contributed by atoms with E-state index < -0.39 is 11.9 Å². The third-order valence-corrected chi connectivity index (χ3v) is 0.723. The van der Waals surface area contributed by atoms with Crippen molar-refractivity contribution in [3.63, 3.8) is 0 Å². The Bertz CT molecular complexity index is 182. The first-order valence-electron chi connectivity index (χ1n) is 2.78. The van der Waals surface area contributed by atoms with E-state index in [4.69, 9.17) is 0 Å². The largest absolute Gasteiger partial charge is 0.505 e. The summed E-state index contributed by atoms with van der Waals surface area (Å²) in [7, 11) is 1.56. The Labute approximate surface area is 70.2 Å². The zero-order valence-electron chi connectivity index (χ0n) is 6.78. The Kier molecular flexibility index (Phi) is 8.11. The quantitative estimate of drug-likeness (QED) is 0.355. The smallest absolute Gasteiger partial charge is 0.338 e. The van der Waals surface area contributed by atoms with E-state index in [1.807, 2.05) is 0 Å². The van der Waals surface area contributed by atoms with Crippen molar-refractivity contribution in [3.8, 4) is 0 Å². The molecule has 0 saturated carbocycles. The number of hydrogen-bond donors (Lipinski definition) is 1. The lowest BCUT2D eigenvalue weighted by Gasteiger charge is -1.80. The fourth-order valence-corrected chi connectivity index (χ4v) is 0.303. The van der Waals surface area contributed by atoms with Crippen LogP contribution in [0.5, 0.6) is 0 Å². The van der Waals surface area contributed by atoms with Crippen molar-refractivity contribution in [2.24, 2.45) is 0 Å². The lowest BCUT2D eigenvalue weighted by molar-refractivity contribution is -0.150. The van der Waals surface area contributed by atoms with Gasteiger partial charge < -0.3 is 15.6 Å². The van der Waals surface area contributed by atoms with Crippen molar-refractivity contribution in [1.29, 1.82) is 0 Å². The van der Waals surface area contributed by atoms with Crippen LogP contribution in [0.15, 0.2) is 25.0 Å². The Hall–Kier alpha value is -1.62. The van der Waals surface area contributed by atoms with E-state index in [2.05, 4.69) is 16.1 Å². The van der Waals surface area contributed by atoms with Crippen LogP contribution in [0.2, 0.25) is 0 Å². The number of methoxy groups -OCH3 is 1. The highest BCUT2D eigenvalue weighted by Gasteiger charge is 2.10. The molecular formula is C7H11NO4. The fraction of sp³-hybridized carbons (Fsp3) is 0.143. The summed E-state index contributed by atoms with van der Waals surface area (Å²) in [6.07, 6.45) is 3.55. The van der Waals surface area contributed by atoms with Gasteiger partial charge in [0.1, 0.15) is 0 Å². The molecule has 0 amide bonds. The third-order valence-electron chi connectivity index (χ3n) is 0.723. The molecule has 1 heterocycles. The number of esters is 2. The maximum atomic E-state index is 9.92. The molecule has 0 radical (unpaired) electrons. The van der Waals surface area contributed by atoms with Crippen molar-refractivity contribution in [2.75, 3.05) is 7.11 Å². The van der Waals surface area contributed by atoms with Crippen LogP contribution in [0.25, 0.3) is 0 Å². The van der Waals surface area contributed by atoms with Gasteiger partial charge in [0.15, 0.2) is 0 Å². The molecule has 0 atom stereocenters. The molecular weight excluding hydrogens is 162 g/mol. The summed E-state index contributed by atoms with van der Waals surface area (Å²) in [6.45, 7) is 3.26. The first-order chi connectivity index (χ1) is 5.20. The summed E-state index contributed by atoms with van der Waals surface area (Å²) in [6, 6.07) is 0. The van der Waals surface area contributed by atoms with Crippen LogP contribution in [0, 0.1) is 0 Å². The minimum Gasteiger partial charge on any atom is -0.505 e. The van der Waals surface area contributed by atoms with E-state index >= 15 is 0 Å². The lowest BCUT2D eigenvalue weighted by Crippen LogP contribution is -1.96. The molecule has 1 aliphatic heterocycles. The Morgan fingerprint density at radius 3 is 1.83 bits per heavy atom. The van der Waals surface area contributed by atoms with Crippen LogP contribution in [0.4, 0.5) is 0 Å². The SMILES string of the molecule is C=COC.N.O=C1C=CC(=O)O1. The maximum Gasteiger partial charge on any atom is 0.338 e. The van der Waals surface area contributed by atoms with Gasteiger partial charge in [-0.2, -0.15) is 0 Å². The van der Waals surface area contributed by atoms with E-state index in [1.54, 1.807) is 7.11 Å². The van der Waals surface area contributed by atoms with Crippen molar-refractivity contribution >= 4 is 11.9 Å². The molecule has 12 heavy (non-hydrogen) atoms. The molecule has 5 nitrogen and oxygen atoms in total. The summed E-state index contributed by atoms with van der Waals surface area (Å²) >= 11 is 0. The third kappa shape index (κ3) is 6.50. The molecule has 0 aromatic heterocycles. The first kappa shape index (κ1) is 13.0. The average molecular weight is 173 g/mol. The number of carbonyl (C=O) groups is 2. The number of hydrogen-bond acceptors (Lipinski definition) is 5. The van der Waals surface area contributed by atoms with Gasteiger partial charge in [-0.05, 0) is 0 Å². The van der Waals surface area contributed by atoms with E-state index in [1.165, 1.54) is 6.26 Å². The van der Waals surface area contributed by atoms with Gasteiger partial charge >= 0.3 is 11.9 Å². The van der Waals surface area contributed by atoms with Crippen LogP contribution < -0.4 is 6.15 Å². The van der Waals surface area contributed by atoms with E-state index in [0.717, 1.165) is 12.2 Å². The van der Waals surface area contributed by atoms with Gasteiger partial charge in [0, 0.05) is 12.2 Å². The van der Waals surface area contributed by atoms with Gasteiger partial charge in [0.05, 0.1) is 13.4 Å². The molecule has 5 heteroatoms. The summed E-state index contributed by atoms with van der Waals surface area (Å²) in [5.41, 5.74) is 0. The zero-order chi connectivity index (χ0) is 8.69. The molecule has 1 rings (SSSR count). The fourth-order valence-electron chi connectivity index (χ4n) is 0.303. The minimum atomic E-state index is -0.579. The first-order valence-corrected chi connectivity index (χ1v) is 2.78. The van der Waals surface area contributed by atoms with Crippen LogP contribution in [0.1, 0.15) is 0 Å². The topological polar surface area (TPSA) is 87.6 Å². The molecule has 68 valence electrons. The molecule has 0 saturated heterocycles. The second-order valence-electron chi connectivity index (χ2n) is 1.48. The Morgan fingerprint density at radius 2 is 1.75 bits per heavy atom. The van der Waals surface area contributed by atoms with Crippen molar-refractivity contribution in [2.45, 2.75) is 0 Å². The standard InChI is InChI=1S/C4H2O3.C3H6O.H3N/c5-3-1-2-4(6)7-3;1-3-4-2;/h1-2H;3H,1H2,2H3;1H3. The van der Waals surface area contributed by atoms with Crippen LogP contribution >= 0.6 is 0 Å². The summed E-state index contributed by atoms with van der Waals surface area (Å²) in [5.74, 6) is -1.16. The van der Waals surface area contributed by atoms with Gasteiger partial charge in [-0.15, -0.1) is 0 Å². The summed E-state index contributed by atoms with van der Waals surface area (Å²) in [4.78, 5) is 19.8. The number of rotatable bonds is 1. The highest BCUT2D eigenvalue weighted by molar-refractivity contribution is 6.04. The number of cyclic esters (lactones) is 2. The van der Waals surface area contributed by atoms with Crippen LogP contribution in [0.3, 0.4) is 0 Å². The van der Waals surface area contributed by atoms with Crippen LogP contribution in [-0.2, 0) is 19.1 Å². The molecule has 0 aliphatic carbocycles. The molecule has 0 aromatic rings. The molecule has 0 unspecified atom stereocenters. The second kappa shape index (κ2) is 7.49. The second-order valence-corrected chi connectivity index (χ2v) is 1.48. The normalized spacial score (nSPS) is 12.1. The summed E-state index contributed by atoms with van der Waals surface area (Å²) < 4.78 is 8.28. The van der Waals surface area contributed by atoms with Crippen LogP contribution in [-0.4, -0.2) is 19.0 Å². The zero-order valence-corrected chi connectivity index (χ0v) is 6.78. The van der Waals surface area contributed by atoms with Crippen molar-refractivity contribution in [1.82, 2.24) is 6.15 Å². The van der Waals surface area contributed by atoms with E-state index in [-0.39, 0.29) is 6.15 Å². The molecule has 3 N–H and O–H groups in total. The monoisotopic (exact) mass is 173 g/mol. The van der Waals surface area contributed by atoms with E-state index in [9.17, 15) is 9.59 Å². The van der Waals surface area contributed by atoms with Gasteiger partial charge in [-0.3, -0.25) is 0 Å². The van der Waals surface area contributed by atoms with Crippen molar-refractivity contribution < 1.29 is 19.1 Å². The molecule has 0 aromatic carbocycles. The Balaban J connectivity index is 0. The lowest BCUT2D eigenvalue weighted by atomic mass is 10.6. The maximum absolute atomic E-state index is 9.92. The van der Waals surface area contributed by atoms with Gasteiger partial charge in [0.2, 0.25) is 0 Å². The molecule has 0 bridgehead atoms. The summed E-state index contributed by atoms with van der Waals surface area (Å²) in [5, 5.41) is 0. The predicted octanol–water partition coefficient (Wildman–Crippen LogP) is 0.564. The molecule has 0 spiro atoms. The highest BCUT2D eigenvalue weighted by atomic mass is 16.6. The van der Waals surface area contributed by atoms with Gasteiger partial charge in [-0.25, -0.2) is 9.59 Å². The van der Waals surface area contributed by atoms with Crippen molar-refractivity contribution in [3.05, 3.63) is 25.0 Å². The van der Waals surface area contributed by atoms with E-state index in [0.29, 0.717) is 0 Å². The minimum absolute atomic E-state index is 0. The number of carbonyl (C=O) groups excluding carboxylic acids is 2. The average Bonchev–Trinajstić information content (AvgIpc) is 2.35. The van der Waals surface area contributed by atoms with Gasteiger partial charge in [0.25, 0.3) is 0 Å². The predicted molar refractivity (Wildman–Crippen MR) is 42.5 cm³/mol. The number of ether oxygens (including phenoxy) is 2.